The minimum absolute atomic E-state index is 0.479. The van der Waals surface area contributed by atoms with Crippen LogP contribution >= 0.6 is 0 Å². The lowest BCUT2D eigenvalue weighted by atomic mass is 9.64. The summed E-state index contributed by atoms with van der Waals surface area (Å²) in [6, 6.07) is 0. The van der Waals surface area contributed by atoms with Crippen molar-refractivity contribution in [2.75, 3.05) is 0 Å². The van der Waals surface area contributed by atoms with Crippen LogP contribution in [-0.4, -0.2) is 0 Å². The molecule has 1 aliphatic rings. The first-order valence-electron chi connectivity index (χ1n) is 8.25. The highest BCUT2D eigenvalue weighted by Gasteiger charge is 2.34. The molecule has 1 aliphatic carbocycles. The quantitative estimate of drug-likeness (QED) is 0.500. The molecule has 0 amide bonds. The maximum absolute atomic E-state index is 2.45. The van der Waals surface area contributed by atoms with Crippen molar-refractivity contribution in [2.45, 2.75) is 74.1 Å². The maximum atomic E-state index is 2.45. The second-order valence-electron chi connectivity index (χ2n) is 6.40. The van der Waals surface area contributed by atoms with E-state index in [1.54, 1.807) is 0 Å². The van der Waals surface area contributed by atoms with Crippen molar-refractivity contribution in [3.05, 3.63) is 24.3 Å². The largest absolute Gasteiger partial charge is 0.0914 e. The van der Waals surface area contributed by atoms with Crippen LogP contribution in [-0.2, 0) is 0 Å². The molecule has 19 heavy (non-hydrogen) atoms. The van der Waals surface area contributed by atoms with Gasteiger partial charge >= 0.3 is 0 Å². The summed E-state index contributed by atoms with van der Waals surface area (Å²) in [5.41, 5.74) is 0.479. The lowest BCUT2D eigenvalue weighted by Crippen LogP contribution is -2.31. The Hall–Kier alpha value is -0.520. The molecule has 0 radical (unpaired) electrons. The zero-order chi connectivity index (χ0) is 14.9. The third-order valence-corrected chi connectivity index (χ3v) is 4.91. The second-order valence-corrected chi connectivity index (χ2v) is 6.40. The van der Waals surface area contributed by atoms with Crippen molar-refractivity contribution in [1.82, 2.24) is 0 Å². The van der Waals surface area contributed by atoms with Gasteiger partial charge in [0.05, 0.1) is 0 Å². The fourth-order valence-corrected chi connectivity index (χ4v) is 3.20. The fraction of sp³-hybridized carbons (Fsp3) is 0.789. The van der Waals surface area contributed by atoms with E-state index in [0.717, 1.165) is 17.8 Å². The third-order valence-electron chi connectivity index (χ3n) is 4.91. The monoisotopic (exact) mass is 264 g/mol. The molecule has 0 N–H and O–H groups in total. The normalized spacial score (nSPS) is 31.9. The minimum atomic E-state index is 0.479. The Morgan fingerprint density at radius 1 is 1.32 bits per heavy atom. The highest BCUT2D eigenvalue weighted by atomic mass is 14.4. The van der Waals surface area contributed by atoms with E-state index in [4.69, 9.17) is 0 Å². The van der Waals surface area contributed by atoms with Gasteiger partial charge in [-0.05, 0) is 42.9 Å². The van der Waals surface area contributed by atoms with Gasteiger partial charge in [-0.1, -0.05) is 78.7 Å². The van der Waals surface area contributed by atoms with Gasteiger partial charge in [0, 0.05) is 0 Å². The average Bonchev–Trinajstić information content (AvgIpc) is 2.40. The number of allylic oxidation sites excluding steroid dienone is 4. The molecule has 4 unspecified atom stereocenters. The molecule has 0 aromatic rings. The van der Waals surface area contributed by atoms with E-state index in [1.165, 1.54) is 25.7 Å². The zero-order valence-corrected chi connectivity index (χ0v) is 14.4. The van der Waals surface area contributed by atoms with Gasteiger partial charge in [0.2, 0.25) is 0 Å². The summed E-state index contributed by atoms with van der Waals surface area (Å²) in [7, 11) is 0. The van der Waals surface area contributed by atoms with E-state index in [1.807, 2.05) is 0 Å². The van der Waals surface area contributed by atoms with Crippen molar-refractivity contribution >= 4 is 0 Å². The van der Waals surface area contributed by atoms with Crippen LogP contribution in [0, 0.1) is 23.2 Å². The molecule has 0 fully saturated rings. The van der Waals surface area contributed by atoms with Gasteiger partial charge in [-0.3, -0.25) is 0 Å². The summed E-state index contributed by atoms with van der Waals surface area (Å²) in [6.45, 7) is 15.9. The third kappa shape index (κ3) is 5.97. The summed E-state index contributed by atoms with van der Waals surface area (Å²) in [5.74, 6) is 2.54. The lowest BCUT2D eigenvalue weighted by Gasteiger charge is -2.41. The predicted molar refractivity (Wildman–Crippen MR) is 89.4 cm³/mol. The molecular formula is C19H36. The lowest BCUT2D eigenvalue weighted by molar-refractivity contribution is 0.155. The highest BCUT2D eigenvalue weighted by molar-refractivity contribution is 5.06. The van der Waals surface area contributed by atoms with Crippen molar-refractivity contribution in [1.29, 1.82) is 0 Å². The van der Waals surface area contributed by atoms with Crippen molar-refractivity contribution in [3.8, 4) is 0 Å². The van der Waals surface area contributed by atoms with Gasteiger partial charge in [-0.15, -0.1) is 0 Å². The van der Waals surface area contributed by atoms with Gasteiger partial charge in [0.1, 0.15) is 0 Å². The SMILES string of the molecule is CC=CC(C)CC.CCC1C(C)CC=CC1(C)CC. The molecule has 4 atom stereocenters. The molecule has 0 heterocycles. The van der Waals surface area contributed by atoms with E-state index < -0.39 is 0 Å². The summed E-state index contributed by atoms with van der Waals surface area (Å²) < 4.78 is 0. The Bertz CT molecular complexity index is 274. The van der Waals surface area contributed by atoms with Crippen LogP contribution in [0.5, 0.6) is 0 Å². The van der Waals surface area contributed by atoms with Crippen LogP contribution in [0.3, 0.4) is 0 Å². The number of hydrogen-bond donors (Lipinski definition) is 0. The van der Waals surface area contributed by atoms with Crippen LogP contribution in [0.2, 0.25) is 0 Å². The summed E-state index contributed by atoms with van der Waals surface area (Å²) in [6.07, 6.45) is 14.3. The van der Waals surface area contributed by atoms with Gasteiger partial charge < -0.3 is 0 Å². The van der Waals surface area contributed by atoms with Crippen LogP contribution in [0.25, 0.3) is 0 Å². The first-order chi connectivity index (χ1) is 8.95. The second kappa shape index (κ2) is 9.39. The van der Waals surface area contributed by atoms with Gasteiger partial charge in [-0.2, -0.15) is 0 Å². The van der Waals surface area contributed by atoms with E-state index >= 15 is 0 Å². The summed E-state index contributed by atoms with van der Waals surface area (Å²) >= 11 is 0. The van der Waals surface area contributed by atoms with E-state index in [0.29, 0.717) is 5.41 Å². The van der Waals surface area contributed by atoms with Crippen LogP contribution < -0.4 is 0 Å². The predicted octanol–water partition coefficient (Wildman–Crippen LogP) is 6.63. The van der Waals surface area contributed by atoms with Gasteiger partial charge in [-0.25, -0.2) is 0 Å². The van der Waals surface area contributed by atoms with Gasteiger partial charge in [0.25, 0.3) is 0 Å². The van der Waals surface area contributed by atoms with Crippen molar-refractivity contribution in [3.63, 3.8) is 0 Å². The molecule has 0 saturated carbocycles. The Morgan fingerprint density at radius 3 is 2.26 bits per heavy atom. The van der Waals surface area contributed by atoms with Crippen LogP contribution in [0.1, 0.15) is 74.1 Å². The van der Waals surface area contributed by atoms with E-state index in [9.17, 15) is 0 Å². The molecule has 1 rings (SSSR count). The first-order valence-corrected chi connectivity index (χ1v) is 8.25. The summed E-state index contributed by atoms with van der Waals surface area (Å²) in [4.78, 5) is 0. The maximum Gasteiger partial charge on any atom is -0.0118 e. The zero-order valence-electron chi connectivity index (χ0n) is 14.4. The topological polar surface area (TPSA) is 0 Å². The number of hydrogen-bond acceptors (Lipinski definition) is 0. The molecule has 0 aromatic carbocycles. The number of rotatable bonds is 4. The molecule has 0 bridgehead atoms. The smallest absolute Gasteiger partial charge is 0.0118 e. The Labute approximate surface area is 122 Å². The summed E-state index contributed by atoms with van der Waals surface area (Å²) in [5, 5.41) is 0. The fourth-order valence-electron chi connectivity index (χ4n) is 3.20. The van der Waals surface area contributed by atoms with Gasteiger partial charge in [0.15, 0.2) is 0 Å². The standard InChI is InChI=1S/C12H22.C7H14/c1-5-11-10(3)8-7-9-12(11,4)6-2;1-4-6-7(3)5-2/h7,9-11H,5-6,8H2,1-4H3;4,6-7H,5H2,1-3H3. The van der Waals surface area contributed by atoms with Crippen LogP contribution in [0.4, 0.5) is 0 Å². The Balaban J connectivity index is 0.000000399. The molecule has 112 valence electrons. The van der Waals surface area contributed by atoms with Crippen molar-refractivity contribution in [2.24, 2.45) is 23.2 Å². The highest BCUT2D eigenvalue weighted by Crippen LogP contribution is 2.43. The molecule has 0 aromatic heterocycles. The minimum Gasteiger partial charge on any atom is -0.0914 e. The average molecular weight is 264 g/mol. The Kier molecular flexibility index (Phi) is 9.14. The first kappa shape index (κ1) is 18.5. The van der Waals surface area contributed by atoms with E-state index in [2.05, 4.69) is 72.8 Å². The molecule has 0 aliphatic heterocycles. The van der Waals surface area contributed by atoms with Crippen molar-refractivity contribution < 1.29 is 0 Å². The molecule has 0 heteroatoms. The molecule has 0 nitrogen and oxygen atoms in total. The van der Waals surface area contributed by atoms with E-state index in [-0.39, 0.29) is 0 Å². The molecule has 0 spiro atoms. The Morgan fingerprint density at radius 2 is 1.95 bits per heavy atom. The molecule has 0 saturated heterocycles. The molecular weight excluding hydrogens is 228 g/mol. The van der Waals surface area contributed by atoms with Crippen LogP contribution in [0.15, 0.2) is 24.3 Å².